The van der Waals surface area contributed by atoms with E-state index >= 15 is 0 Å². The number of halogens is 1. The number of amidine groups is 1. The molecule has 0 saturated heterocycles. The molecule has 1 aromatic carbocycles. The van der Waals surface area contributed by atoms with Crippen molar-refractivity contribution in [1.82, 2.24) is 14.8 Å². The Bertz CT molecular complexity index is 663. The van der Waals surface area contributed by atoms with Crippen LogP contribution in [-0.2, 0) is 7.05 Å². The van der Waals surface area contributed by atoms with Crippen molar-refractivity contribution in [3.63, 3.8) is 0 Å². The molecule has 0 aliphatic rings. The average Bonchev–Trinajstić information content (AvgIpc) is 2.61. The van der Waals surface area contributed by atoms with Crippen LogP contribution in [0.5, 0.6) is 0 Å². The first kappa shape index (κ1) is 12.9. The smallest absolute Gasteiger partial charge is 0.343 e. The Morgan fingerprint density at radius 1 is 1.61 bits per heavy atom. The van der Waals surface area contributed by atoms with E-state index < -0.39 is 0 Å². The highest BCUT2D eigenvalue weighted by Gasteiger charge is 2.09. The lowest BCUT2D eigenvalue weighted by molar-refractivity contribution is 0.766. The topological polar surface area (TPSA) is 101 Å². The van der Waals surface area contributed by atoms with Gasteiger partial charge in [0.25, 0.3) is 0 Å². The molecule has 6 nitrogen and oxygen atoms in total. The maximum atomic E-state index is 11.2. The van der Waals surface area contributed by atoms with Crippen LogP contribution < -0.4 is 11.4 Å². The first-order chi connectivity index (χ1) is 8.49. The maximum Gasteiger partial charge on any atom is 0.343 e. The Morgan fingerprint density at radius 3 is 2.83 bits per heavy atom. The van der Waals surface area contributed by atoms with Gasteiger partial charge in [-0.15, -0.1) is 5.10 Å². The minimum Gasteiger partial charge on any atom is -0.384 e. The minimum absolute atomic E-state index is 0.00518. The fourth-order valence-electron chi connectivity index (χ4n) is 1.31. The lowest BCUT2D eigenvalue weighted by Crippen LogP contribution is -2.13. The van der Waals surface area contributed by atoms with E-state index in [1.165, 1.54) is 16.3 Å². The van der Waals surface area contributed by atoms with E-state index in [2.05, 4.69) is 26.1 Å². The third kappa shape index (κ3) is 2.49. The number of hydrogen-bond acceptors (Lipinski definition) is 4. The van der Waals surface area contributed by atoms with Crippen molar-refractivity contribution in [2.45, 2.75) is 10.1 Å². The molecule has 0 spiro atoms. The van der Waals surface area contributed by atoms with E-state index in [4.69, 9.17) is 11.1 Å². The molecular weight excluding hydrogens is 318 g/mol. The summed E-state index contributed by atoms with van der Waals surface area (Å²) >= 11 is 4.70. The Kier molecular flexibility index (Phi) is 3.58. The molecule has 0 unspecified atom stereocenters. The highest BCUT2D eigenvalue weighted by Crippen LogP contribution is 2.28. The summed E-state index contributed by atoms with van der Waals surface area (Å²) < 4.78 is 2.16. The van der Waals surface area contributed by atoms with Crippen molar-refractivity contribution >= 4 is 33.5 Å². The van der Waals surface area contributed by atoms with Crippen LogP contribution in [0.15, 0.2) is 37.5 Å². The van der Waals surface area contributed by atoms with Gasteiger partial charge in [-0.3, -0.25) is 9.98 Å². The van der Waals surface area contributed by atoms with Crippen LogP contribution >= 0.6 is 27.7 Å². The Hall–Kier alpha value is -1.54. The monoisotopic (exact) mass is 327 g/mol. The van der Waals surface area contributed by atoms with Crippen LogP contribution in [0.3, 0.4) is 0 Å². The van der Waals surface area contributed by atoms with Crippen molar-refractivity contribution < 1.29 is 0 Å². The van der Waals surface area contributed by atoms with Gasteiger partial charge in [0.05, 0.1) is 0 Å². The molecule has 0 aliphatic carbocycles. The normalized spacial score (nSPS) is 10.6. The average molecular weight is 328 g/mol. The number of aromatic nitrogens is 3. The van der Waals surface area contributed by atoms with Crippen LogP contribution in [0.25, 0.3) is 0 Å². The minimum atomic E-state index is -0.253. The number of rotatable bonds is 3. The van der Waals surface area contributed by atoms with Crippen LogP contribution in [0, 0.1) is 5.41 Å². The van der Waals surface area contributed by atoms with E-state index in [1.807, 2.05) is 12.1 Å². The largest absolute Gasteiger partial charge is 0.384 e. The molecule has 1 aromatic heterocycles. The summed E-state index contributed by atoms with van der Waals surface area (Å²) in [5.41, 5.74) is 5.81. The fraction of sp³-hybridized carbons (Fsp3) is 0.100. The number of nitrogens with one attached hydrogen (secondary N) is 2. The SMILES string of the molecule is Cn1c(Sc2ccc(C(=N)N)c(Br)c2)n[nH]c1=O. The van der Waals surface area contributed by atoms with Crippen molar-refractivity contribution in [3.8, 4) is 0 Å². The van der Waals surface area contributed by atoms with Crippen molar-refractivity contribution in [2.75, 3.05) is 0 Å². The van der Waals surface area contributed by atoms with Gasteiger partial charge in [0, 0.05) is 22.0 Å². The van der Waals surface area contributed by atoms with Gasteiger partial charge in [0.2, 0.25) is 0 Å². The third-order valence-corrected chi connectivity index (χ3v) is 3.97. The van der Waals surface area contributed by atoms with Gasteiger partial charge in [-0.25, -0.2) is 9.89 Å². The second-order valence-corrected chi connectivity index (χ2v) is 5.42. The van der Waals surface area contributed by atoms with E-state index in [-0.39, 0.29) is 11.5 Å². The molecule has 0 aliphatic heterocycles. The molecule has 1 heterocycles. The van der Waals surface area contributed by atoms with Crippen molar-refractivity contribution in [1.29, 1.82) is 5.41 Å². The quantitative estimate of drug-likeness (QED) is 0.584. The third-order valence-electron chi connectivity index (χ3n) is 2.28. The fourth-order valence-corrected chi connectivity index (χ4v) is 2.89. The molecule has 0 amide bonds. The summed E-state index contributed by atoms with van der Waals surface area (Å²) in [5.74, 6) is 0.00518. The predicted octanol–water partition coefficient (Wildman–Crippen LogP) is 1.31. The van der Waals surface area contributed by atoms with Crippen LogP contribution in [0.1, 0.15) is 5.56 Å². The summed E-state index contributed by atoms with van der Waals surface area (Å²) in [6, 6.07) is 5.41. The molecule has 0 atom stereocenters. The molecule has 0 bridgehead atoms. The van der Waals surface area contributed by atoms with Gasteiger partial charge in [-0.2, -0.15) is 0 Å². The van der Waals surface area contributed by atoms with Gasteiger partial charge in [-0.1, -0.05) is 0 Å². The predicted molar refractivity (Wildman–Crippen MR) is 73.1 cm³/mol. The van der Waals surface area contributed by atoms with Crippen LogP contribution in [0.4, 0.5) is 0 Å². The number of nitrogens with two attached hydrogens (primary N) is 1. The molecule has 4 N–H and O–H groups in total. The second kappa shape index (κ2) is 4.99. The Morgan fingerprint density at radius 2 is 2.33 bits per heavy atom. The van der Waals surface area contributed by atoms with Crippen molar-refractivity contribution in [2.24, 2.45) is 12.8 Å². The Labute approximate surface area is 115 Å². The lowest BCUT2D eigenvalue weighted by atomic mass is 10.2. The van der Waals surface area contributed by atoms with E-state index in [0.29, 0.717) is 10.7 Å². The number of hydrogen-bond donors (Lipinski definition) is 3. The Balaban J connectivity index is 2.31. The van der Waals surface area contributed by atoms with Crippen LogP contribution in [-0.4, -0.2) is 20.6 Å². The van der Waals surface area contributed by atoms with Gasteiger partial charge in [0.15, 0.2) is 5.16 Å². The van der Waals surface area contributed by atoms with Gasteiger partial charge in [-0.05, 0) is 45.9 Å². The summed E-state index contributed by atoms with van der Waals surface area (Å²) in [4.78, 5) is 12.1. The first-order valence-electron chi connectivity index (χ1n) is 4.92. The van der Waals surface area contributed by atoms with Crippen LogP contribution in [0.2, 0.25) is 0 Å². The van der Waals surface area contributed by atoms with E-state index in [9.17, 15) is 4.79 Å². The standard InChI is InChI=1S/C10H10BrN5OS/c1-16-9(17)14-15-10(16)18-5-2-3-6(8(12)13)7(11)4-5/h2-4H,1H3,(H3,12,13)(H,14,17). The molecule has 8 heteroatoms. The summed E-state index contributed by atoms with van der Waals surface area (Å²) in [7, 11) is 1.65. The molecule has 18 heavy (non-hydrogen) atoms. The highest BCUT2D eigenvalue weighted by molar-refractivity contribution is 9.10. The molecule has 0 saturated carbocycles. The number of H-pyrrole nitrogens is 1. The summed E-state index contributed by atoms with van der Waals surface area (Å²) in [6.45, 7) is 0. The van der Waals surface area contributed by atoms with Gasteiger partial charge < -0.3 is 5.73 Å². The summed E-state index contributed by atoms with van der Waals surface area (Å²) in [5, 5.41) is 14.2. The molecule has 0 fully saturated rings. The number of nitrogen functional groups attached to an aromatic ring is 1. The molecular formula is C10H10BrN5OS. The van der Waals surface area contributed by atoms with Gasteiger partial charge in [0.1, 0.15) is 5.84 Å². The molecule has 0 radical (unpaired) electrons. The van der Waals surface area contributed by atoms with E-state index in [0.717, 1.165) is 9.37 Å². The maximum absolute atomic E-state index is 11.2. The zero-order valence-electron chi connectivity index (χ0n) is 9.40. The molecule has 94 valence electrons. The van der Waals surface area contributed by atoms with Gasteiger partial charge >= 0.3 is 5.69 Å². The molecule has 2 rings (SSSR count). The number of aromatic amines is 1. The van der Waals surface area contributed by atoms with Crippen molar-refractivity contribution in [3.05, 3.63) is 38.7 Å². The zero-order valence-corrected chi connectivity index (χ0v) is 11.8. The number of benzene rings is 1. The zero-order chi connectivity index (χ0) is 13.3. The van der Waals surface area contributed by atoms with E-state index in [1.54, 1.807) is 13.1 Å². The molecule has 2 aromatic rings. The first-order valence-corrected chi connectivity index (χ1v) is 6.53. The number of nitrogens with zero attached hydrogens (tertiary/aromatic N) is 2. The second-order valence-electron chi connectivity index (χ2n) is 3.53. The highest BCUT2D eigenvalue weighted by atomic mass is 79.9. The lowest BCUT2D eigenvalue weighted by Gasteiger charge is -2.05. The summed E-state index contributed by atoms with van der Waals surface area (Å²) in [6.07, 6.45) is 0.